The van der Waals surface area contributed by atoms with E-state index in [1.54, 1.807) is 25.1 Å². The van der Waals surface area contributed by atoms with Crippen molar-refractivity contribution in [3.63, 3.8) is 0 Å². The minimum atomic E-state index is -0.788. The molecule has 0 radical (unpaired) electrons. The molecular formula is C24H16N4O9S2. The van der Waals surface area contributed by atoms with E-state index in [-0.39, 0.29) is 33.9 Å². The fourth-order valence-corrected chi connectivity index (χ4v) is 4.80. The maximum Gasteiger partial charge on any atom is 0.318 e. The quantitative estimate of drug-likeness (QED) is 0.128. The van der Waals surface area contributed by atoms with E-state index in [1.165, 1.54) is 35.2 Å². The molecule has 13 nitrogen and oxygen atoms in total. The molecule has 0 bridgehead atoms. The lowest BCUT2D eigenvalue weighted by Crippen LogP contribution is -2.27. The highest BCUT2D eigenvalue weighted by molar-refractivity contribution is 8.27. The maximum absolute atomic E-state index is 13.1. The maximum atomic E-state index is 13.1. The van der Waals surface area contributed by atoms with E-state index in [9.17, 15) is 35.1 Å². The second-order valence-corrected chi connectivity index (χ2v) is 9.37. The molecule has 4 rings (SSSR count). The summed E-state index contributed by atoms with van der Waals surface area (Å²) in [6, 6.07) is 13.1. The Bertz CT molecular complexity index is 1560. The number of amides is 1. The molecule has 1 fully saturated rings. The van der Waals surface area contributed by atoms with E-state index in [0.717, 1.165) is 30.0 Å². The second-order valence-electron chi connectivity index (χ2n) is 7.70. The normalized spacial score (nSPS) is 14.0. The molecule has 1 aliphatic rings. The van der Waals surface area contributed by atoms with Gasteiger partial charge in [0, 0.05) is 18.2 Å². The Hall–Kier alpha value is -4.89. The Kier molecular flexibility index (Phi) is 7.83. The molecule has 0 unspecified atom stereocenters. The Morgan fingerprint density at radius 3 is 2.13 bits per heavy atom. The molecule has 15 heteroatoms. The number of thiocarbonyl (C=S) groups is 1. The number of non-ortho nitro benzene ring substituents is 2. The average molecular weight is 569 g/mol. The van der Waals surface area contributed by atoms with E-state index in [1.807, 2.05) is 0 Å². The summed E-state index contributed by atoms with van der Waals surface area (Å²) in [5, 5.41) is 33.4. The molecular weight excluding hydrogens is 552 g/mol. The summed E-state index contributed by atoms with van der Waals surface area (Å²) >= 11 is 6.40. The number of rotatable bonds is 9. The topological polar surface area (TPSA) is 168 Å². The van der Waals surface area contributed by atoms with Crippen molar-refractivity contribution in [3.8, 4) is 17.2 Å². The minimum Gasteiger partial charge on any atom is -0.490 e. The van der Waals surface area contributed by atoms with Crippen molar-refractivity contribution >= 4 is 63.0 Å². The van der Waals surface area contributed by atoms with Gasteiger partial charge in [-0.25, -0.2) is 0 Å². The van der Waals surface area contributed by atoms with Gasteiger partial charge in [-0.2, -0.15) is 0 Å². The van der Waals surface area contributed by atoms with Gasteiger partial charge in [0.05, 0.1) is 38.0 Å². The summed E-state index contributed by atoms with van der Waals surface area (Å²) < 4.78 is 11.6. The number of thioether (sulfide) groups is 1. The summed E-state index contributed by atoms with van der Waals surface area (Å²) in [5.74, 6) is -0.309. The highest BCUT2D eigenvalue weighted by atomic mass is 32.2. The van der Waals surface area contributed by atoms with Gasteiger partial charge < -0.3 is 9.47 Å². The summed E-state index contributed by atoms with van der Waals surface area (Å²) in [4.78, 5) is 45.9. The van der Waals surface area contributed by atoms with Gasteiger partial charge in [-0.05, 0) is 48.9 Å². The Labute approximate surface area is 229 Å². The molecule has 0 aromatic heterocycles. The summed E-state index contributed by atoms with van der Waals surface area (Å²) in [6.07, 6.45) is 1.57. The van der Waals surface area contributed by atoms with Crippen LogP contribution in [-0.2, 0) is 4.79 Å². The number of carbonyl (C=O) groups excluding carboxylic acids is 1. The zero-order valence-electron chi connectivity index (χ0n) is 19.8. The molecule has 39 heavy (non-hydrogen) atoms. The molecule has 198 valence electrons. The standard InChI is InChI=1S/C24H16N4O9S2/c1-2-36-21-11-14(3-9-20(21)37-19-10-8-17(27(32)33)13-18(19)28(34)35)12-22-23(29)25(24(38)39-22)15-4-6-16(7-5-15)26(30)31/h3-13H,2H2,1H3/b22-12-. The first-order chi connectivity index (χ1) is 18.6. The molecule has 1 saturated heterocycles. The van der Waals surface area contributed by atoms with Crippen LogP contribution in [0.5, 0.6) is 17.2 Å². The zero-order chi connectivity index (χ0) is 28.3. The predicted octanol–water partition coefficient (Wildman–Crippen LogP) is 6.01. The van der Waals surface area contributed by atoms with Gasteiger partial charge in [0.1, 0.15) is 0 Å². The average Bonchev–Trinajstić information content (AvgIpc) is 3.17. The van der Waals surface area contributed by atoms with Crippen molar-refractivity contribution in [3.05, 3.63) is 101 Å². The van der Waals surface area contributed by atoms with Crippen molar-refractivity contribution in [2.75, 3.05) is 11.5 Å². The first-order valence-corrected chi connectivity index (χ1v) is 12.2. The van der Waals surface area contributed by atoms with Crippen molar-refractivity contribution in [2.24, 2.45) is 0 Å². The first-order valence-electron chi connectivity index (χ1n) is 11.0. The lowest BCUT2D eigenvalue weighted by molar-refractivity contribution is -0.394. The van der Waals surface area contributed by atoms with Crippen LogP contribution in [0.1, 0.15) is 12.5 Å². The fourth-order valence-electron chi connectivity index (χ4n) is 3.50. The molecule has 0 atom stereocenters. The van der Waals surface area contributed by atoms with Crippen LogP contribution in [0.15, 0.2) is 65.6 Å². The lowest BCUT2D eigenvalue weighted by atomic mass is 10.1. The highest BCUT2D eigenvalue weighted by Gasteiger charge is 2.33. The van der Waals surface area contributed by atoms with Crippen LogP contribution in [0.3, 0.4) is 0 Å². The van der Waals surface area contributed by atoms with Crippen LogP contribution in [-0.4, -0.2) is 31.6 Å². The third-order valence-corrected chi connectivity index (χ3v) is 6.55. The van der Waals surface area contributed by atoms with Gasteiger partial charge in [0.25, 0.3) is 17.3 Å². The highest BCUT2D eigenvalue weighted by Crippen LogP contribution is 2.40. The van der Waals surface area contributed by atoms with Crippen molar-refractivity contribution in [1.82, 2.24) is 0 Å². The largest absolute Gasteiger partial charge is 0.490 e. The van der Waals surface area contributed by atoms with Crippen molar-refractivity contribution in [1.29, 1.82) is 0 Å². The third kappa shape index (κ3) is 5.83. The van der Waals surface area contributed by atoms with Gasteiger partial charge in [-0.1, -0.05) is 30.0 Å². The number of hydrogen-bond donors (Lipinski definition) is 0. The SMILES string of the molecule is CCOc1cc(/C=C2\SC(=S)N(c3ccc([N+](=O)[O-])cc3)C2=O)ccc1Oc1ccc([N+](=O)[O-])cc1[N+](=O)[O-]. The monoisotopic (exact) mass is 568 g/mol. The number of benzene rings is 3. The second kappa shape index (κ2) is 11.2. The molecule has 1 amide bonds. The van der Waals surface area contributed by atoms with Crippen LogP contribution >= 0.6 is 24.0 Å². The van der Waals surface area contributed by atoms with Gasteiger partial charge in [0.2, 0.25) is 5.75 Å². The number of ether oxygens (including phenoxy) is 2. The summed E-state index contributed by atoms with van der Waals surface area (Å²) in [7, 11) is 0. The van der Waals surface area contributed by atoms with Crippen LogP contribution in [0.2, 0.25) is 0 Å². The van der Waals surface area contributed by atoms with E-state index in [0.29, 0.717) is 16.2 Å². The molecule has 1 heterocycles. The molecule has 1 aliphatic heterocycles. The molecule has 3 aromatic carbocycles. The number of nitrogens with zero attached hydrogens (tertiary/aromatic N) is 4. The fraction of sp³-hybridized carbons (Fsp3) is 0.0833. The first kappa shape index (κ1) is 27.2. The van der Waals surface area contributed by atoms with Gasteiger partial charge >= 0.3 is 5.69 Å². The molecule has 3 aromatic rings. The molecule has 0 spiro atoms. The third-order valence-electron chi connectivity index (χ3n) is 5.25. The van der Waals surface area contributed by atoms with E-state index >= 15 is 0 Å². The number of hydrogen-bond acceptors (Lipinski definition) is 11. The van der Waals surface area contributed by atoms with Crippen LogP contribution in [0.25, 0.3) is 6.08 Å². The number of anilines is 1. The number of nitro groups is 3. The van der Waals surface area contributed by atoms with Gasteiger partial charge in [0.15, 0.2) is 15.8 Å². The van der Waals surface area contributed by atoms with Crippen LogP contribution in [0.4, 0.5) is 22.7 Å². The Morgan fingerprint density at radius 1 is 0.872 bits per heavy atom. The van der Waals surface area contributed by atoms with Crippen molar-refractivity contribution < 1.29 is 29.0 Å². The minimum absolute atomic E-state index is 0.115. The zero-order valence-corrected chi connectivity index (χ0v) is 21.5. The Balaban J connectivity index is 1.62. The molecule has 0 N–H and O–H groups in total. The summed E-state index contributed by atoms with van der Waals surface area (Å²) in [6.45, 7) is 1.95. The lowest BCUT2D eigenvalue weighted by Gasteiger charge is -2.14. The molecule has 0 saturated carbocycles. The van der Waals surface area contributed by atoms with E-state index < -0.39 is 32.1 Å². The van der Waals surface area contributed by atoms with Crippen molar-refractivity contribution in [2.45, 2.75) is 6.92 Å². The number of nitro benzene ring substituents is 3. The van der Waals surface area contributed by atoms with Gasteiger partial charge in [-0.3, -0.25) is 40.0 Å². The number of carbonyl (C=O) groups is 1. The Morgan fingerprint density at radius 2 is 1.51 bits per heavy atom. The summed E-state index contributed by atoms with van der Waals surface area (Å²) in [5.41, 5.74) is -0.251. The smallest absolute Gasteiger partial charge is 0.318 e. The van der Waals surface area contributed by atoms with Crippen LogP contribution in [0, 0.1) is 30.3 Å². The predicted molar refractivity (Wildman–Crippen MR) is 146 cm³/mol. The molecule has 0 aliphatic carbocycles. The van der Waals surface area contributed by atoms with E-state index in [4.69, 9.17) is 21.7 Å². The van der Waals surface area contributed by atoms with Gasteiger partial charge in [-0.15, -0.1) is 0 Å². The van der Waals surface area contributed by atoms with Crippen LogP contribution < -0.4 is 14.4 Å². The van der Waals surface area contributed by atoms with E-state index in [2.05, 4.69) is 0 Å².